The van der Waals surface area contributed by atoms with Crippen molar-refractivity contribution >= 4 is 11.6 Å². The van der Waals surface area contributed by atoms with Crippen molar-refractivity contribution in [2.75, 3.05) is 6.61 Å². The van der Waals surface area contributed by atoms with E-state index in [0.717, 1.165) is 38.5 Å². The third-order valence-electron chi connectivity index (χ3n) is 8.52. The van der Waals surface area contributed by atoms with Crippen LogP contribution < -0.4 is 0 Å². The lowest BCUT2D eigenvalue weighted by atomic mass is 9.82. The number of hydrogen-bond donors (Lipinski definition) is 3. The van der Waals surface area contributed by atoms with Crippen molar-refractivity contribution in [3.63, 3.8) is 0 Å². The van der Waals surface area contributed by atoms with E-state index < -0.39 is 29.9 Å². The molecule has 2 unspecified atom stereocenters. The molecule has 0 saturated heterocycles. The van der Waals surface area contributed by atoms with Gasteiger partial charge in [0.15, 0.2) is 11.6 Å². The Morgan fingerprint density at radius 3 is 0.925 bits per heavy atom. The fraction of sp³-hybridized carbons (Fsp3) is 0.943. The van der Waals surface area contributed by atoms with Gasteiger partial charge in [-0.25, -0.2) is 0 Å². The van der Waals surface area contributed by atoms with E-state index in [4.69, 9.17) is 0 Å². The summed E-state index contributed by atoms with van der Waals surface area (Å²) >= 11 is 0. The minimum atomic E-state index is -2.47. The number of aliphatic hydroxyl groups excluding tert-OH is 2. The number of hydrogen-bond acceptors (Lipinski definition) is 5. The summed E-state index contributed by atoms with van der Waals surface area (Å²) in [5.41, 5.74) is -2.47. The van der Waals surface area contributed by atoms with Crippen LogP contribution in [-0.2, 0) is 9.59 Å². The van der Waals surface area contributed by atoms with E-state index in [2.05, 4.69) is 13.8 Å². The van der Waals surface area contributed by atoms with Crippen LogP contribution in [0.2, 0.25) is 0 Å². The molecule has 2 atom stereocenters. The number of unbranched alkanes of at least 4 members (excludes halogenated alkanes) is 24. The predicted molar refractivity (Wildman–Crippen MR) is 169 cm³/mol. The third kappa shape index (κ3) is 20.2. The molecule has 238 valence electrons. The van der Waals surface area contributed by atoms with E-state index >= 15 is 0 Å². The molecular formula is C35H68O5. The van der Waals surface area contributed by atoms with E-state index in [1.807, 2.05) is 0 Å². The Bertz CT molecular complexity index is 578. The van der Waals surface area contributed by atoms with E-state index in [-0.39, 0.29) is 12.8 Å². The van der Waals surface area contributed by atoms with E-state index in [9.17, 15) is 24.9 Å². The summed E-state index contributed by atoms with van der Waals surface area (Å²) in [7, 11) is 0. The molecule has 0 bridgehead atoms. The van der Waals surface area contributed by atoms with Crippen LogP contribution in [0.1, 0.15) is 194 Å². The summed E-state index contributed by atoms with van der Waals surface area (Å²) in [5, 5.41) is 30.5. The molecule has 0 aliphatic carbocycles. The lowest BCUT2D eigenvalue weighted by Crippen LogP contribution is -2.57. The molecule has 0 aliphatic rings. The van der Waals surface area contributed by atoms with Crippen molar-refractivity contribution < 1.29 is 24.9 Å². The van der Waals surface area contributed by atoms with Gasteiger partial charge in [-0.1, -0.05) is 168 Å². The highest BCUT2D eigenvalue weighted by Crippen LogP contribution is 2.22. The molecule has 0 aromatic heterocycles. The van der Waals surface area contributed by atoms with Crippen LogP contribution in [0.15, 0.2) is 0 Å². The van der Waals surface area contributed by atoms with E-state index in [0.29, 0.717) is 12.8 Å². The van der Waals surface area contributed by atoms with Crippen LogP contribution in [0.4, 0.5) is 0 Å². The third-order valence-corrected chi connectivity index (χ3v) is 8.52. The highest BCUT2D eigenvalue weighted by Gasteiger charge is 2.48. The Morgan fingerprint density at radius 2 is 0.700 bits per heavy atom. The summed E-state index contributed by atoms with van der Waals surface area (Å²) in [6.45, 7) is 3.69. The van der Waals surface area contributed by atoms with Crippen molar-refractivity contribution in [2.24, 2.45) is 0 Å². The van der Waals surface area contributed by atoms with Gasteiger partial charge in [0, 0.05) is 12.8 Å². The molecule has 0 heterocycles. The predicted octanol–water partition coefficient (Wildman–Crippen LogP) is 9.17. The van der Waals surface area contributed by atoms with E-state index in [1.165, 1.54) is 116 Å². The first-order chi connectivity index (χ1) is 19.4. The maximum atomic E-state index is 12.8. The molecule has 40 heavy (non-hydrogen) atoms. The van der Waals surface area contributed by atoms with Gasteiger partial charge in [0.2, 0.25) is 5.60 Å². The van der Waals surface area contributed by atoms with Gasteiger partial charge in [-0.2, -0.15) is 0 Å². The van der Waals surface area contributed by atoms with Crippen molar-refractivity contribution in [3.8, 4) is 0 Å². The standard InChI is InChI=1S/C35H68O5/c1-3-5-7-9-11-13-15-16-17-18-20-22-24-26-28-30-33(38)35(40,34(39)31-36)32(37)29-27-25-23-21-19-14-12-10-8-6-4-2/h34,36,39-40H,3-31H2,1-2H3. The summed E-state index contributed by atoms with van der Waals surface area (Å²) in [5.74, 6) is -1.28. The molecule has 0 amide bonds. The molecule has 0 spiro atoms. The second kappa shape index (κ2) is 28.3. The Morgan fingerprint density at radius 1 is 0.475 bits per heavy atom. The first kappa shape index (κ1) is 39.2. The molecule has 3 N–H and O–H groups in total. The number of aliphatic hydroxyl groups is 3. The van der Waals surface area contributed by atoms with Gasteiger partial charge in [-0.3, -0.25) is 9.59 Å². The number of rotatable bonds is 32. The second-order valence-electron chi connectivity index (χ2n) is 12.3. The minimum Gasteiger partial charge on any atom is -0.394 e. The summed E-state index contributed by atoms with van der Waals surface area (Å²) < 4.78 is 0. The van der Waals surface area contributed by atoms with Crippen molar-refractivity contribution in [1.29, 1.82) is 0 Å². The SMILES string of the molecule is CCCCCCCCCCCCCCCCCC(=O)C(O)(C(=O)CCCCCCCCCCCCC)C(O)CO. The molecule has 0 fully saturated rings. The molecule has 0 aromatic carbocycles. The highest BCUT2D eigenvalue weighted by atomic mass is 16.4. The van der Waals surface area contributed by atoms with Gasteiger partial charge in [-0.15, -0.1) is 0 Å². The lowest BCUT2D eigenvalue weighted by Gasteiger charge is -2.29. The molecule has 5 nitrogen and oxygen atoms in total. The molecule has 0 saturated carbocycles. The first-order valence-electron chi connectivity index (χ1n) is 17.5. The van der Waals surface area contributed by atoms with Crippen LogP contribution in [-0.4, -0.2) is 45.2 Å². The number of ketones is 2. The second-order valence-corrected chi connectivity index (χ2v) is 12.3. The van der Waals surface area contributed by atoms with Gasteiger partial charge in [0.1, 0.15) is 6.10 Å². The smallest absolute Gasteiger partial charge is 0.209 e. The maximum Gasteiger partial charge on any atom is 0.209 e. The molecule has 0 aliphatic heterocycles. The number of carbonyl (C=O) groups excluding carboxylic acids is 2. The van der Waals surface area contributed by atoms with E-state index in [1.54, 1.807) is 0 Å². The highest BCUT2D eigenvalue weighted by molar-refractivity contribution is 6.10. The summed E-state index contributed by atoms with van der Waals surface area (Å²) in [6, 6.07) is 0. The van der Waals surface area contributed by atoms with Crippen LogP contribution in [0.3, 0.4) is 0 Å². The molecular weight excluding hydrogens is 500 g/mol. The molecule has 5 heteroatoms. The average Bonchev–Trinajstić information content (AvgIpc) is 2.96. The fourth-order valence-electron chi connectivity index (χ4n) is 5.65. The molecule has 0 radical (unpaired) electrons. The van der Waals surface area contributed by atoms with Crippen LogP contribution >= 0.6 is 0 Å². The van der Waals surface area contributed by atoms with Crippen molar-refractivity contribution in [1.82, 2.24) is 0 Å². The zero-order valence-electron chi connectivity index (χ0n) is 26.7. The maximum absolute atomic E-state index is 12.8. The Kier molecular flexibility index (Phi) is 27.8. The first-order valence-corrected chi connectivity index (χ1v) is 17.5. The average molecular weight is 569 g/mol. The van der Waals surface area contributed by atoms with Crippen LogP contribution in [0.25, 0.3) is 0 Å². The Hall–Kier alpha value is -0.780. The summed E-state index contributed by atoms with van der Waals surface area (Å²) in [4.78, 5) is 25.6. The zero-order chi connectivity index (χ0) is 29.7. The van der Waals surface area contributed by atoms with Crippen LogP contribution in [0, 0.1) is 0 Å². The van der Waals surface area contributed by atoms with Gasteiger partial charge >= 0.3 is 0 Å². The number of carbonyl (C=O) groups is 2. The summed E-state index contributed by atoms with van der Waals surface area (Å²) in [6.07, 6.45) is 29.4. The fourth-order valence-corrected chi connectivity index (χ4v) is 5.65. The lowest BCUT2D eigenvalue weighted by molar-refractivity contribution is -0.166. The number of Topliss-reactive ketones (excluding diaryl/α,β-unsaturated/α-hetero) is 2. The quantitative estimate of drug-likeness (QED) is 0.0555. The molecule has 0 aromatic rings. The van der Waals surface area contributed by atoms with Gasteiger partial charge in [-0.05, 0) is 12.8 Å². The van der Waals surface area contributed by atoms with Crippen molar-refractivity contribution in [3.05, 3.63) is 0 Å². The van der Waals surface area contributed by atoms with Crippen LogP contribution in [0.5, 0.6) is 0 Å². The zero-order valence-corrected chi connectivity index (χ0v) is 26.7. The van der Waals surface area contributed by atoms with Gasteiger partial charge < -0.3 is 15.3 Å². The monoisotopic (exact) mass is 569 g/mol. The van der Waals surface area contributed by atoms with Crippen molar-refractivity contribution in [2.45, 2.75) is 205 Å². The topological polar surface area (TPSA) is 94.8 Å². The minimum absolute atomic E-state index is 0.0647. The Labute approximate surface area is 248 Å². The Balaban J connectivity index is 3.98. The molecule has 0 rings (SSSR count). The normalized spacial score (nSPS) is 13.8. The largest absolute Gasteiger partial charge is 0.394 e. The van der Waals surface area contributed by atoms with Gasteiger partial charge in [0.25, 0.3) is 0 Å². The van der Waals surface area contributed by atoms with Gasteiger partial charge in [0.05, 0.1) is 6.61 Å².